The molecule has 0 spiro atoms. The second-order valence-electron chi connectivity index (χ2n) is 5.21. The highest BCUT2D eigenvalue weighted by Gasteiger charge is 2.27. The van der Waals surface area contributed by atoms with Gasteiger partial charge in [-0.05, 0) is 6.42 Å². The second kappa shape index (κ2) is 5.52. The smallest absolute Gasteiger partial charge is 0.356 e. The number of aliphatic hydroxyl groups is 1. The van der Waals surface area contributed by atoms with Gasteiger partial charge in [0.2, 0.25) is 0 Å². The molecule has 0 saturated carbocycles. The van der Waals surface area contributed by atoms with E-state index < -0.39 is 5.97 Å². The summed E-state index contributed by atoms with van der Waals surface area (Å²) in [6.45, 7) is 5.37. The molecular formula is C13H19N3O3. The third-order valence-electron chi connectivity index (χ3n) is 3.39. The van der Waals surface area contributed by atoms with Crippen molar-refractivity contribution in [2.45, 2.75) is 26.2 Å². The van der Waals surface area contributed by atoms with E-state index in [1.54, 1.807) is 6.20 Å². The second-order valence-corrected chi connectivity index (χ2v) is 5.21. The Kier molecular flexibility index (Phi) is 3.99. The van der Waals surface area contributed by atoms with E-state index in [9.17, 15) is 9.90 Å². The van der Waals surface area contributed by atoms with Crippen LogP contribution in [-0.4, -0.2) is 45.8 Å². The standard InChI is InChI=1S/C13H19N3O3/c1-8(2)12-14-5-10(11(15-12)13(18)19)16-4-3-9(6-16)7-17/h5,8-9,17H,3-4,6-7H2,1-2H3,(H,18,19). The Morgan fingerprint density at radius 2 is 2.32 bits per heavy atom. The van der Waals surface area contributed by atoms with Crippen molar-refractivity contribution in [2.75, 3.05) is 24.6 Å². The number of anilines is 1. The summed E-state index contributed by atoms with van der Waals surface area (Å²) in [5.74, 6) is -0.201. The van der Waals surface area contributed by atoms with Gasteiger partial charge in [-0.15, -0.1) is 0 Å². The topological polar surface area (TPSA) is 86.5 Å². The van der Waals surface area contributed by atoms with E-state index >= 15 is 0 Å². The molecule has 2 rings (SSSR count). The predicted molar refractivity (Wildman–Crippen MR) is 70.5 cm³/mol. The van der Waals surface area contributed by atoms with Crippen LogP contribution in [0.1, 0.15) is 42.5 Å². The molecule has 1 aromatic heterocycles. The lowest BCUT2D eigenvalue weighted by Crippen LogP contribution is -2.24. The maximum absolute atomic E-state index is 11.3. The molecule has 1 unspecified atom stereocenters. The molecule has 1 atom stereocenters. The molecule has 2 N–H and O–H groups in total. The van der Waals surface area contributed by atoms with Gasteiger partial charge in [-0.25, -0.2) is 14.8 Å². The van der Waals surface area contributed by atoms with Crippen LogP contribution in [-0.2, 0) is 0 Å². The first kappa shape index (κ1) is 13.7. The van der Waals surface area contributed by atoms with Gasteiger partial charge in [0, 0.05) is 31.5 Å². The molecular weight excluding hydrogens is 246 g/mol. The lowest BCUT2D eigenvalue weighted by atomic mass is 10.1. The van der Waals surface area contributed by atoms with Crippen molar-refractivity contribution in [3.8, 4) is 0 Å². The number of carboxylic acids is 1. The van der Waals surface area contributed by atoms with Gasteiger partial charge in [0.05, 0.1) is 11.9 Å². The highest BCUT2D eigenvalue weighted by molar-refractivity contribution is 5.92. The van der Waals surface area contributed by atoms with Gasteiger partial charge in [-0.2, -0.15) is 0 Å². The normalized spacial score (nSPS) is 19.2. The fraction of sp³-hybridized carbons (Fsp3) is 0.615. The largest absolute Gasteiger partial charge is 0.476 e. The Bertz CT molecular complexity index is 476. The Labute approximate surface area is 112 Å². The van der Waals surface area contributed by atoms with Crippen LogP contribution in [0.2, 0.25) is 0 Å². The third kappa shape index (κ3) is 2.84. The molecule has 1 aliphatic heterocycles. The summed E-state index contributed by atoms with van der Waals surface area (Å²) < 4.78 is 0. The molecule has 1 fully saturated rings. The van der Waals surface area contributed by atoms with E-state index in [1.165, 1.54) is 0 Å². The van der Waals surface area contributed by atoms with E-state index in [4.69, 9.17) is 5.11 Å². The molecule has 19 heavy (non-hydrogen) atoms. The molecule has 0 aliphatic carbocycles. The third-order valence-corrected chi connectivity index (χ3v) is 3.39. The minimum Gasteiger partial charge on any atom is -0.476 e. The Morgan fingerprint density at radius 1 is 1.58 bits per heavy atom. The molecule has 0 bridgehead atoms. The fourth-order valence-electron chi connectivity index (χ4n) is 2.26. The predicted octanol–water partition coefficient (Wildman–Crippen LogP) is 1.12. The Hall–Kier alpha value is -1.69. The summed E-state index contributed by atoms with van der Waals surface area (Å²) >= 11 is 0. The van der Waals surface area contributed by atoms with Crippen molar-refractivity contribution >= 4 is 11.7 Å². The number of rotatable bonds is 4. The first-order valence-electron chi connectivity index (χ1n) is 6.49. The summed E-state index contributed by atoms with van der Waals surface area (Å²) in [6, 6.07) is 0. The number of hydrogen-bond donors (Lipinski definition) is 2. The van der Waals surface area contributed by atoms with Gasteiger partial charge in [-0.1, -0.05) is 13.8 Å². The SMILES string of the molecule is CC(C)c1ncc(N2CCC(CO)C2)c(C(=O)O)n1. The number of aromatic carboxylic acids is 1. The number of carboxylic acid groups (broad SMARTS) is 1. The van der Waals surface area contributed by atoms with E-state index in [1.807, 2.05) is 18.7 Å². The summed E-state index contributed by atoms with van der Waals surface area (Å²) in [6.07, 6.45) is 2.45. The Morgan fingerprint density at radius 3 is 2.84 bits per heavy atom. The van der Waals surface area contributed by atoms with Gasteiger partial charge in [0.25, 0.3) is 0 Å². The number of aromatic nitrogens is 2. The van der Waals surface area contributed by atoms with Crippen LogP contribution in [0.5, 0.6) is 0 Å². The lowest BCUT2D eigenvalue weighted by molar-refractivity contribution is 0.0690. The Balaban J connectivity index is 2.32. The summed E-state index contributed by atoms with van der Waals surface area (Å²) in [4.78, 5) is 21.7. The lowest BCUT2D eigenvalue weighted by Gasteiger charge is -2.20. The number of hydrogen-bond acceptors (Lipinski definition) is 5. The van der Waals surface area contributed by atoms with Crippen molar-refractivity contribution in [1.82, 2.24) is 9.97 Å². The zero-order valence-corrected chi connectivity index (χ0v) is 11.2. The van der Waals surface area contributed by atoms with Crippen molar-refractivity contribution in [1.29, 1.82) is 0 Å². The van der Waals surface area contributed by atoms with Crippen LogP contribution in [0, 0.1) is 5.92 Å². The monoisotopic (exact) mass is 265 g/mol. The minimum atomic E-state index is -1.04. The van der Waals surface area contributed by atoms with E-state index in [0.717, 1.165) is 13.0 Å². The minimum absolute atomic E-state index is 0.0530. The van der Waals surface area contributed by atoms with Crippen LogP contribution in [0.15, 0.2) is 6.20 Å². The van der Waals surface area contributed by atoms with E-state index in [2.05, 4.69) is 9.97 Å². The van der Waals surface area contributed by atoms with Crippen LogP contribution in [0.3, 0.4) is 0 Å². The zero-order valence-electron chi connectivity index (χ0n) is 11.2. The van der Waals surface area contributed by atoms with E-state index in [-0.39, 0.29) is 24.1 Å². The van der Waals surface area contributed by atoms with Gasteiger partial charge in [0.1, 0.15) is 5.82 Å². The molecule has 2 heterocycles. The highest BCUT2D eigenvalue weighted by atomic mass is 16.4. The van der Waals surface area contributed by atoms with Crippen LogP contribution in [0.25, 0.3) is 0 Å². The molecule has 0 amide bonds. The maximum Gasteiger partial charge on any atom is 0.356 e. The number of carbonyl (C=O) groups is 1. The molecule has 1 aromatic rings. The summed E-state index contributed by atoms with van der Waals surface area (Å²) in [5, 5.41) is 18.4. The quantitative estimate of drug-likeness (QED) is 0.848. The fourth-order valence-corrected chi connectivity index (χ4v) is 2.26. The first-order valence-corrected chi connectivity index (χ1v) is 6.49. The molecule has 6 heteroatoms. The molecule has 0 radical (unpaired) electrons. The van der Waals surface area contributed by atoms with Gasteiger partial charge >= 0.3 is 5.97 Å². The number of nitrogens with zero attached hydrogens (tertiary/aromatic N) is 3. The van der Waals surface area contributed by atoms with Crippen LogP contribution < -0.4 is 4.90 Å². The summed E-state index contributed by atoms with van der Waals surface area (Å²) in [7, 11) is 0. The summed E-state index contributed by atoms with van der Waals surface area (Å²) in [5.41, 5.74) is 0.602. The van der Waals surface area contributed by atoms with Crippen molar-refractivity contribution in [2.24, 2.45) is 5.92 Å². The van der Waals surface area contributed by atoms with Gasteiger partial charge in [0.15, 0.2) is 5.69 Å². The van der Waals surface area contributed by atoms with Gasteiger partial charge in [-0.3, -0.25) is 0 Å². The van der Waals surface area contributed by atoms with Crippen LogP contribution in [0.4, 0.5) is 5.69 Å². The zero-order chi connectivity index (χ0) is 14.0. The molecule has 6 nitrogen and oxygen atoms in total. The average molecular weight is 265 g/mol. The highest BCUT2D eigenvalue weighted by Crippen LogP contribution is 2.26. The average Bonchev–Trinajstić information content (AvgIpc) is 2.86. The van der Waals surface area contributed by atoms with E-state index in [0.29, 0.717) is 18.1 Å². The molecule has 1 aliphatic rings. The van der Waals surface area contributed by atoms with Gasteiger partial charge < -0.3 is 15.1 Å². The molecule has 104 valence electrons. The van der Waals surface area contributed by atoms with Crippen molar-refractivity contribution in [3.05, 3.63) is 17.7 Å². The first-order chi connectivity index (χ1) is 9.02. The molecule has 1 saturated heterocycles. The van der Waals surface area contributed by atoms with Crippen molar-refractivity contribution < 1.29 is 15.0 Å². The maximum atomic E-state index is 11.3. The molecule has 0 aromatic carbocycles. The number of aliphatic hydroxyl groups excluding tert-OH is 1. The van der Waals surface area contributed by atoms with Crippen molar-refractivity contribution in [3.63, 3.8) is 0 Å². The van der Waals surface area contributed by atoms with Crippen LogP contribution >= 0.6 is 0 Å².